The van der Waals surface area contributed by atoms with Gasteiger partial charge in [-0.15, -0.1) is 11.3 Å². The number of morpholine rings is 1. The molecule has 1 fully saturated rings. The number of hydrogen-bond acceptors (Lipinski definition) is 7. The third kappa shape index (κ3) is 4.20. The van der Waals surface area contributed by atoms with E-state index in [1.165, 1.54) is 23.6 Å². The van der Waals surface area contributed by atoms with Gasteiger partial charge in [-0.2, -0.15) is 5.10 Å². The molecule has 25 heavy (non-hydrogen) atoms. The van der Waals surface area contributed by atoms with Crippen molar-refractivity contribution in [2.24, 2.45) is 5.10 Å². The zero-order valence-electron chi connectivity index (χ0n) is 13.3. The fourth-order valence-electron chi connectivity index (χ4n) is 2.47. The minimum absolute atomic E-state index is 0.00966. The lowest BCUT2D eigenvalue weighted by molar-refractivity contribution is -0.384. The van der Waals surface area contributed by atoms with Gasteiger partial charge in [0.15, 0.2) is 0 Å². The van der Waals surface area contributed by atoms with Gasteiger partial charge in [0.1, 0.15) is 5.69 Å². The van der Waals surface area contributed by atoms with E-state index in [4.69, 9.17) is 4.74 Å². The van der Waals surface area contributed by atoms with Crippen molar-refractivity contribution < 1.29 is 14.5 Å². The van der Waals surface area contributed by atoms with Crippen LogP contribution in [0.2, 0.25) is 0 Å². The lowest BCUT2D eigenvalue weighted by atomic mass is 10.1. The van der Waals surface area contributed by atoms with E-state index in [-0.39, 0.29) is 11.6 Å². The zero-order chi connectivity index (χ0) is 17.6. The molecule has 9 heteroatoms. The van der Waals surface area contributed by atoms with E-state index in [2.05, 4.69) is 10.5 Å². The summed E-state index contributed by atoms with van der Waals surface area (Å²) >= 11 is 1.31. The van der Waals surface area contributed by atoms with Gasteiger partial charge in [-0.1, -0.05) is 12.1 Å². The summed E-state index contributed by atoms with van der Waals surface area (Å²) in [6, 6.07) is 8.35. The molecule has 1 aliphatic heterocycles. The van der Waals surface area contributed by atoms with Crippen molar-refractivity contribution in [1.82, 2.24) is 5.43 Å². The molecule has 1 saturated heterocycles. The van der Waals surface area contributed by atoms with E-state index in [0.717, 1.165) is 0 Å². The molecule has 1 aromatic heterocycles. The van der Waals surface area contributed by atoms with Crippen LogP contribution in [0.25, 0.3) is 0 Å². The standard InChI is InChI=1S/C16H16N4O4S/c21-16(15-2-1-9-25-15)18-17-11-12-3-4-13(14(10-12)20(22)23)19-5-7-24-8-6-19/h1-4,9-11H,5-8H2,(H,18,21)/b17-11+. The quantitative estimate of drug-likeness (QED) is 0.501. The summed E-state index contributed by atoms with van der Waals surface area (Å²) < 4.78 is 5.28. The van der Waals surface area contributed by atoms with Gasteiger partial charge in [0.25, 0.3) is 11.6 Å². The highest BCUT2D eigenvalue weighted by Crippen LogP contribution is 2.29. The van der Waals surface area contributed by atoms with Gasteiger partial charge in [0.2, 0.25) is 0 Å². The molecule has 0 atom stereocenters. The summed E-state index contributed by atoms with van der Waals surface area (Å²) in [7, 11) is 0. The SMILES string of the molecule is O=C(N/N=C/c1ccc(N2CCOCC2)c([N+](=O)[O-])c1)c1cccs1. The van der Waals surface area contributed by atoms with Gasteiger partial charge in [0, 0.05) is 24.7 Å². The van der Waals surface area contributed by atoms with Crippen molar-refractivity contribution in [3.05, 3.63) is 56.3 Å². The molecule has 1 amide bonds. The number of benzene rings is 1. The predicted molar refractivity (Wildman–Crippen MR) is 95.5 cm³/mol. The number of carbonyl (C=O) groups excluding carboxylic acids is 1. The van der Waals surface area contributed by atoms with Crippen molar-refractivity contribution >= 4 is 34.8 Å². The Morgan fingerprint density at radius 2 is 2.16 bits per heavy atom. The maximum atomic E-state index is 11.8. The number of nitrogens with zero attached hydrogens (tertiary/aromatic N) is 3. The minimum atomic E-state index is -0.410. The molecule has 0 bridgehead atoms. The molecule has 1 aromatic carbocycles. The van der Waals surface area contributed by atoms with Crippen LogP contribution in [0.3, 0.4) is 0 Å². The number of rotatable bonds is 5. The van der Waals surface area contributed by atoms with E-state index in [0.29, 0.717) is 42.4 Å². The Bertz CT molecular complexity index is 785. The first-order chi connectivity index (χ1) is 12.1. The summed E-state index contributed by atoms with van der Waals surface area (Å²) in [6.45, 7) is 2.33. The van der Waals surface area contributed by atoms with E-state index in [9.17, 15) is 14.9 Å². The Kier molecular flexibility index (Phi) is 5.36. The highest BCUT2D eigenvalue weighted by molar-refractivity contribution is 7.12. The van der Waals surface area contributed by atoms with Crippen LogP contribution in [-0.2, 0) is 4.74 Å². The van der Waals surface area contributed by atoms with Crippen LogP contribution < -0.4 is 10.3 Å². The Labute approximate surface area is 147 Å². The molecule has 3 rings (SSSR count). The Hall–Kier alpha value is -2.78. The van der Waals surface area contributed by atoms with Crippen molar-refractivity contribution in [1.29, 1.82) is 0 Å². The van der Waals surface area contributed by atoms with E-state index in [1.54, 1.807) is 29.6 Å². The van der Waals surface area contributed by atoms with Crippen LogP contribution in [-0.4, -0.2) is 43.3 Å². The van der Waals surface area contributed by atoms with Crippen molar-refractivity contribution in [3.8, 4) is 0 Å². The zero-order valence-corrected chi connectivity index (χ0v) is 14.1. The number of hydrazone groups is 1. The lowest BCUT2D eigenvalue weighted by Crippen LogP contribution is -2.36. The Morgan fingerprint density at radius 3 is 2.84 bits per heavy atom. The van der Waals surface area contributed by atoms with Gasteiger partial charge < -0.3 is 9.64 Å². The molecule has 1 aliphatic rings. The molecule has 1 N–H and O–H groups in total. The van der Waals surface area contributed by atoms with E-state index < -0.39 is 4.92 Å². The predicted octanol–water partition coefficient (Wildman–Crippen LogP) is 2.26. The van der Waals surface area contributed by atoms with Crippen LogP contribution >= 0.6 is 11.3 Å². The molecular weight excluding hydrogens is 344 g/mol. The maximum absolute atomic E-state index is 11.8. The summed E-state index contributed by atoms with van der Waals surface area (Å²) in [4.78, 5) is 25.2. The normalized spacial score (nSPS) is 14.6. The molecule has 2 heterocycles. The first-order valence-electron chi connectivity index (χ1n) is 7.63. The number of carbonyl (C=O) groups is 1. The molecule has 0 aliphatic carbocycles. The highest BCUT2D eigenvalue weighted by atomic mass is 32.1. The number of anilines is 1. The van der Waals surface area contributed by atoms with Gasteiger partial charge in [-0.3, -0.25) is 14.9 Å². The smallest absolute Gasteiger partial charge is 0.293 e. The highest BCUT2D eigenvalue weighted by Gasteiger charge is 2.21. The fourth-order valence-corrected chi connectivity index (χ4v) is 3.08. The minimum Gasteiger partial charge on any atom is -0.378 e. The van der Waals surface area contributed by atoms with Crippen LogP contribution in [0.5, 0.6) is 0 Å². The van der Waals surface area contributed by atoms with Gasteiger partial charge >= 0.3 is 0 Å². The molecular formula is C16H16N4O4S. The fraction of sp³-hybridized carbons (Fsp3) is 0.250. The van der Waals surface area contributed by atoms with Crippen molar-refractivity contribution in [2.45, 2.75) is 0 Å². The first kappa shape index (κ1) is 17.1. The monoisotopic (exact) mass is 360 g/mol. The second kappa shape index (κ2) is 7.86. The summed E-state index contributed by atoms with van der Waals surface area (Å²) in [5, 5.41) is 17.1. The number of amides is 1. The third-order valence-electron chi connectivity index (χ3n) is 3.67. The second-order valence-corrected chi connectivity index (χ2v) is 6.23. The van der Waals surface area contributed by atoms with E-state index in [1.807, 2.05) is 4.90 Å². The van der Waals surface area contributed by atoms with Crippen LogP contribution in [0.4, 0.5) is 11.4 Å². The number of hydrogen-bond donors (Lipinski definition) is 1. The average Bonchev–Trinajstić information content (AvgIpc) is 3.17. The molecule has 2 aromatic rings. The molecule has 8 nitrogen and oxygen atoms in total. The Balaban J connectivity index is 1.73. The molecule has 130 valence electrons. The van der Waals surface area contributed by atoms with Gasteiger partial charge in [-0.25, -0.2) is 5.43 Å². The number of ether oxygens (including phenoxy) is 1. The van der Waals surface area contributed by atoms with Crippen LogP contribution in [0.15, 0.2) is 40.8 Å². The maximum Gasteiger partial charge on any atom is 0.293 e. The van der Waals surface area contributed by atoms with Gasteiger partial charge in [0.05, 0.1) is 29.2 Å². The topological polar surface area (TPSA) is 97.1 Å². The van der Waals surface area contributed by atoms with Crippen LogP contribution in [0, 0.1) is 10.1 Å². The van der Waals surface area contributed by atoms with Crippen molar-refractivity contribution in [2.75, 3.05) is 31.2 Å². The van der Waals surface area contributed by atoms with E-state index >= 15 is 0 Å². The summed E-state index contributed by atoms with van der Waals surface area (Å²) in [5.41, 5.74) is 3.51. The van der Waals surface area contributed by atoms with Crippen molar-refractivity contribution in [3.63, 3.8) is 0 Å². The second-order valence-electron chi connectivity index (χ2n) is 5.28. The average molecular weight is 360 g/mol. The molecule has 0 unspecified atom stereocenters. The lowest BCUT2D eigenvalue weighted by Gasteiger charge is -2.28. The largest absolute Gasteiger partial charge is 0.378 e. The van der Waals surface area contributed by atoms with Gasteiger partial charge in [-0.05, 0) is 17.5 Å². The summed E-state index contributed by atoms with van der Waals surface area (Å²) in [6.07, 6.45) is 1.39. The summed E-state index contributed by atoms with van der Waals surface area (Å²) in [5.74, 6) is -0.314. The molecule has 0 spiro atoms. The Morgan fingerprint density at radius 1 is 1.36 bits per heavy atom. The molecule has 0 saturated carbocycles. The number of nitro benzene ring substituents is 1. The third-order valence-corrected chi connectivity index (χ3v) is 4.54. The number of nitrogens with one attached hydrogen (secondary N) is 1. The number of nitro groups is 1. The van der Waals surface area contributed by atoms with Crippen LogP contribution in [0.1, 0.15) is 15.2 Å². The molecule has 0 radical (unpaired) electrons. The number of thiophene rings is 1. The first-order valence-corrected chi connectivity index (χ1v) is 8.51.